The molecule has 1 aromatic rings. The molecule has 2 N–H and O–H groups in total. The van der Waals surface area contributed by atoms with E-state index in [1.165, 1.54) is 24.8 Å². The second-order valence-corrected chi connectivity index (χ2v) is 5.71. The van der Waals surface area contributed by atoms with Crippen LogP contribution >= 0.6 is 0 Å². The zero-order valence-electron chi connectivity index (χ0n) is 10.4. The smallest absolute Gasteiger partial charge is 0.122 e. The summed E-state index contributed by atoms with van der Waals surface area (Å²) in [6.45, 7) is 6.57. The van der Waals surface area contributed by atoms with Crippen LogP contribution in [0.15, 0.2) is 18.2 Å². The average Bonchev–Trinajstić information content (AvgIpc) is 2.09. The number of nitrogen functional groups attached to an aromatic ring is 1. The fourth-order valence-corrected chi connectivity index (χ4v) is 1.80. The van der Waals surface area contributed by atoms with E-state index in [9.17, 15) is 0 Å². The molecule has 0 radical (unpaired) electrons. The third kappa shape index (κ3) is 2.49. The van der Waals surface area contributed by atoms with Crippen LogP contribution in [0.5, 0.6) is 5.75 Å². The third-order valence-corrected chi connectivity index (χ3v) is 3.15. The molecule has 0 bridgehead atoms. The highest BCUT2D eigenvalue weighted by molar-refractivity contribution is 5.49. The van der Waals surface area contributed by atoms with Gasteiger partial charge in [0.1, 0.15) is 5.75 Å². The van der Waals surface area contributed by atoms with Gasteiger partial charge in [-0.2, -0.15) is 0 Å². The van der Waals surface area contributed by atoms with Crippen LogP contribution in [-0.4, -0.2) is 6.10 Å². The van der Waals surface area contributed by atoms with Crippen LogP contribution in [0.4, 0.5) is 5.69 Å². The zero-order chi connectivity index (χ0) is 11.8. The van der Waals surface area contributed by atoms with Crippen LogP contribution in [0, 0.1) is 0 Å². The maximum atomic E-state index is 5.91. The molecule has 2 nitrogen and oxygen atoms in total. The molecule has 1 fully saturated rings. The maximum absolute atomic E-state index is 5.91. The molecule has 0 heterocycles. The van der Waals surface area contributed by atoms with Crippen LogP contribution in [0.1, 0.15) is 45.6 Å². The molecule has 16 heavy (non-hydrogen) atoms. The van der Waals surface area contributed by atoms with Gasteiger partial charge in [0.05, 0.1) is 6.10 Å². The van der Waals surface area contributed by atoms with E-state index >= 15 is 0 Å². The molecule has 0 aromatic heterocycles. The summed E-state index contributed by atoms with van der Waals surface area (Å²) >= 11 is 0. The van der Waals surface area contributed by atoms with Crippen molar-refractivity contribution in [1.29, 1.82) is 0 Å². The Bertz CT molecular complexity index is 375. The summed E-state index contributed by atoms with van der Waals surface area (Å²) in [7, 11) is 0. The Morgan fingerprint density at radius 2 is 1.88 bits per heavy atom. The molecule has 0 atom stereocenters. The molecular weight excluding hydrogens is 198 g/mol. The minimum absolute atomic E-state index is 0.118. The van der Waals surface area contributed by atoms with E-state index in [-0.39, 0.29) is 5.41 Å². The first-order valence-electron chi connectivity index (χ1n) is 6.03. The predicted octanol–water partition coefficient (Wildman–Crippen LogP) is 3.50. The fraction of sp³-hybridized carbons (Fsp3) is 0.571. The first-order valence-corrected chi connectivity index (χ1v) is 6.03. The molecular formula is C14H21NO. The number of hydrogen-bond acceptors (Lipinski definition) is 2. The van der Waals surface area contributed by atoms with Crippen molar-refractivity contribution in [3.8, 4) is 5.75 Å². The van der Waals surface area contributed by atoms with Crippen molar-refractivity contribution in [3.63, 3.8) is 0 Å². The van der Waals surface area contributed by atoms with Crippen molar-refractivity contribution in [1.82, 2.24) is 0 Å². The van der Waals surface area contributed by atoms with Gasteiger partial charge in [0, 0.05) is 11.8 Å². The molecule has 88 valence electrons. The first kappa shape index (κ1) is 11.3. The Hall–Kier alpha value is -1.18. The van der Waals surface area contributed by atoms with E-state index in [0.29, 0.717) is 6.10 Å². The highest BCUT2D eigenvalue weighted by atomic mass is 16.5. The summed E-state index contributed by atoms with van der Waals surface area (Å²) in [4.78, 5) is 0. The molecule has 0 spiro atoms. The van der Waals surface area contributed by atoms with E-state index in [1.807, 2.05) is 12.1 Å². The minimum Gasteiger partial charge on any atom is -0.490 e. The lowest BCUT2D eigenvalue weighted by atomic mass is 9.86. The second kappa shape index (κ2) is 4.00. The zero-order valence-corrected chi connectivity index (χ0v) is 10.4. The van der Waals surface area contributed by atoms with Gasteiger partial charge in [-0.25, -0.2) is 0 Å². The summed E-state index contributed by atoms with van der Waals surface area (Å²) in [5.41, 5.74) is 8.06. The van der Waals surface area contributed by atoms with E-state index in [4.69, 9.17) is 10.5 Å². The van der Waals surface area contributed by atoms with Crippen molar-refractivity contribution in [3.05, 3.63) is 23.8 Å². The quantitative estimate of drug-likeness (QED) is 0.773. The summed E-state index contributed by atoms with van der Waals surface area (Å²) in [5.74, 6) is 0.926. The molecule has 1 aromatic carbocycles. The first-order chi connectivity index (χ1) is 7.45. The number of ether oxygens (including phenoxy) is 1. The number of nitrogens with two attached hydrogens (primary N) is 1. The third-order valence-electron chi connectivity index (χ3n) is 3.15. The van der Waals surface area contributed by atoms with Crippen molar-refractivity contribution < 1.29 is 4.74 Å². The summed E-state index contributed by atoms with van der Waals surface area (Å²) < 4.78 is 5.89. The van der Waals surface area contributed by atoms with Crippen molar-refractivity contribution in [2.45, 2.75) is 51.6 Å². The standard InChI is InChI=1S/C14H21NO/c1-14(2,3)10-7-11(15)9-13(8-10)16-12-5-4-6-12/h7-9,12H,4-6,15H2,1-3H3. The van der Waals surface area contributed by atoms with Gasteiger partial charge < -0.3 is 10.5 Å². The SMILES string of the molecule is CC(C)(C)c1cc(N)cc(OC2CCC2)c1. The Kier molecular flexibility index (Phi) is 2.83. The minimum atomic E-state index is 0.118. The van der Waals surface area contributed by atoms with Crippen LogP contribution in [0.25, 0.3) is 0 Å². The average molecular weight is 219 g/mol. The van der Waals surface area contributed by atoms with E-state index in [1.54, 1.807) is 0 Å². The Labute approximate surface area is 97.8 Å². The number of anilines is 1. The summed E-state index contributed by atoms with van der Waals surface area (Å²) in [6.07, 6.45) is 4.06. The van der Waals surface area contributed by atoms with Crippen LogP contribution < -0.4 is 10.5 Å². The van der Waals surface area contributed by atoms with E-state index in [0.717, 1.165) is 11.4 Å². The molecule has 1 saturated carbocycles. The van der Waals surface area contributed by atoms with Gasteiger partial charge in [0.2, 0.25) is 0 Å². The van der Waals surface area contributed by atoms with E-state index in [2.05, 4.69) is 26.8 Å². The van der Waals surface area contributed by atoms with Crippen LogP contribution in [0.3, 0.4) is 0 Å². The van der Waals surface area contributed by atoms with Crippen molar-refractivity contribution in [2.24, 2.45) is 0 Å². The highest BCUT2D eigenvalue weighted by Crippen LogP contribution is 2.31. The fourth-order valence-electron chi connectivity index (χ4n) is 1.80. The second-order valence-electron chi connectivity index (χ2n) is 5.71. The Balaban J connectivity index is 2.21. The number of hydrogen-bond donors (Lipinski definition) is 1. The monoisotopic (exact) mass is 219 g/mol. The highest BCUT2D eigenvalue weighted by Gasteiger charge is 2.20. The maximum Gasteiger partial charge on any atom is 0.122 e. The predicted molar refractivity (Wildman–Crippen MR) is 67.8 cm³/mol. The van der Waals surface area contributed by atoms with Gasteiger partial charge in [-0.05, 0) is 42.4 Å². The molecule has 1 aliphatic carbocycles. The van der Waals surface area contributed by atoms with E-state index < -0.39 is 0 Å². The Morgan fingerprint density at radius 3 is 2.38 bits per heavy atom. The summed E-state index contributed by atoms with van der Waals surface area (Å²) in [6, 6.07) is 6.08. The lowest BCUT2D eigenvalue weighted by molar-refractivity contribution is 0.120. The summed E-state index contributed by atoms with van der Waals surface area (Å²) in [5, 5.41) is 0. The van der Waals surface area contributed by atoms with Gasteiger partial charge >= 0.3 is 0 Å². The number of benzene rings is 1. The molecule has 0 amide bonds. The van der Waals surface area contributed by atoms with Gasteiger partial charge in [-0.15, -0.1) is 0 Å². The largest absolute Gasteiger partial charge is 0.490 e. The molecule has 0 saturated heterocycles. The lowest BCUT2D eigenvalue weighted by Crippen LogP contribution is -2.24. The Morgan fingerprint density at radius 1 is 1.19 bits per heavy atom. The van der Waals surface area contributed by atoms with Crippen molar-refractivity contribution in [2.75, 3.05) is 5.73 Å². The lowest BCUT2D eigenvalue weighted by Gasteiger charge is -2.28. The normalized spacial score (nSPS) is 16.9. The topological polar surface area (TPSA) is 35.2 Å². The molecule has 0 unspecified atom stereocenters. The molecule has 1 aliphatic rings. The molecule has 2 heteroatoms. The van der Waals surface area contributed by atoms with Crippen molar-refractivity contribution >= 4 is 5.69 Å². The van der Waals surface area contributed by atoms with Gasteiger partial charge in [-0.1, -0.05) is 20.8 Å². The van der Waals surface area contributed by atoms with Gasteiger partial charge in [0.25, 0.3) is 0 Å². The van der Waals surface area contributed by atoms with Gasteiger partial charge in [0.15, 0.2) is 0 Å². The van der Waals surface area contributed by atoms with Gasteiger partial charge in [-0.3, -0.25) is 0 Å². The van der Waals surface area contributed by atoms with Crippen LogP contribution in [-0.2, 0) is 5.41 Å². The molecule has 2 rings (SSSR count). The molecule has 0 aliphatic heterocycles. The number of rotatable bonds is 2. The van der Waals surface area contributed by atoms with Crippen LogP contribution in [0.2, 0.25) is 0 Å².